The summed E-state index contributed by atoms with van der Waals surface area (Å²) in [5.41, 5.74) is 0. The molecule has 0 aromatic heterocycles. The van der Waals surface area contributed by atoms with E-state index in [1.807, 2.05) is 0 Å². The summed E-state index contributed by atoms with van der Waals surface area (Å²) in [5, 5.41) is 28.7. The van der Waals surface area contributed by atoms with Gasteiger partial charge in [0.1, 0.15) is 24.4 Å². The number of hydrogen-bond acceptors (Lipinski definition) is 5. The van der Waals surface area contributed by atoms with E-state index in [1.54, 1.807) is 0 Å². The quantitative estimate of drug-likeness (QED) is 0.329. The molecular formula is C20H38O5. The van der Waals surface area contributed by atoms with Gasteiger partial charge in [0.2, 0.25) is 0 Å². The molecule has 4 atom stereocenters. The third-order valence-corrected chi connectivity index (χ3v) is 4.77. The molecule has 1 aliphatic rings. The fourth-order valence-electron chi connectivity index (χ4n) is 3.08. The summed E-state index contributed by atoms with van der Waals surface area (Å²) in [7, 11) is 0. The van der Waals surface area contributed by atoms with Crippen molar-refractivity contribution >= 4 is 0 Å². The van der Waals surface area contributed by atoms with E-state index in [-0.39, 0.29) is 13.2 Å². The highest BCUT2D eigenvalue weighted by Gasteiger charge is 2.38. The number of aliphatic hydroxyl groups excluding tert-OH is 3. The van der Waals surface area contributed by atoms with Crippen LogP contribution in [0.1, 0.15) is 71.1 Å². The summed E-state index contributed by atoms with van der Waals surface area (Å²) in [5.74, 6) is 0. The van der Waals surface area contributed by atoms with Crippen LogP contribution in [0, 0.1) is 0 Å². The predicted octanol–water partition coefficient (Wildman–Crippen LogP) is 2.96. The van der Waals surface area contributed by atoms with Gasteiger partial charge in [0, 0.05) is 0 Å². The first-order chi connectivity index (χ1) is 12.2. The van der Waals surface area contributed by atoms with Gasteiger partial charge in [-0.1, -0.05) is 64.0 Å². The maximum Gasteiger partial charge on any atom is 0.111 e. The van der Waals surface area contributed by atoms with Crippen LogP contribution in [0.25, 0.3) is 0 Å². The van der Waals surface area contributed by atoms with E-state index in [1.165, 1.54) is 51.4 Å². The second-order valence-corrected chi connectivity index (χ2v) is 6.97. The first-order valence-corrected chi connectivity index (χ1v) is 10.1. The molecule has 3 N–H and O–H groups in total. The van der Waals surface area contributed by atoms with Crippen molar-refractivity contribution in [2.24, 2.45) is 0 Å². The molecule has 1 saturated heterocycles. The van der Waals surface area contributed by atoms with E-state index in [2.05, 4.69) is 19.1 Å². The van der Waals surface area contributed by atoms with E-state index in [4.69, 9.17) is 14.6 Å². The van der Waals surface area contributed by atoms with Crippen molar-refractivity contribution in [2.75, 3.05) is 19.8 Å². The molecule has 1 rings (SSSR count). The summed E-state index contributed by atoms with van der Waals surface area (Å²) < 4.78 is 10.9. The van der Waals surface area contributed by atoms with Crippen LogP contribution in [0.3, 0.4) is 0 Å². The van der Waals surface area contributed by atoms with Crippen molar-refractivity contribution in [3.63, 3.8) is 0 Å². The van der Waals surface area contributed by atoms with Gasteiger partial charge in [-0.3, -0.25) is 0 Å². The molecule has 0 unspecified atom stereocenters. The minimum atomic E-state index is -1.10. The third kappa shape index (κ3) is 9.71. The molecule has 0 bridgehead atoms. The van der Waals surface area contributed by atoms with Crippen LogP contribution >= 0.6 is 0 Å². The Labute approximate surface area is 153 Å². The molecule has 0 amide bonds. The smallest absolute Gasteiger partial charge is 0.111 e. The molecule has 0 saturated carbocycles. The van der Waals surface area contributed by atoms with Gasteiger partial charge in [-0.25, -0.2) is 0 Å². The van der Waals surface area contributed by atoms with Crippen molar-refractivity contribution in [1.82, 2.24) is 0 Å². The van der Waals surface area contributed by atoms with Crippen LogP contribution in [0.2, 0.25) is 0 Å². The number of hydrogen-bond donors (Lipinski definition) is 3. The summed E-state index contributed by atoms with van der Waals surface area (Å²) in [6, 6.07) is 0. The number of allylic oxidation sites excluding steroid dienone is 1. The number of aliphatic hydroxyl groups is 3. The van der Waals surface area contributed by atoms with E-state index in [0.29, 0.717) is 6.61 Å². The van der Waals surface area contributed by atoms with Gasteiger partial charge < -0.3 is 24.8 Å². The first kappa shape index (κ1) is 22.6. The molecule has 0 aromatic carbocycles. The number of rotatable bonds is 14. The highest BCUT2D eigenvalue weighted by molar-refractivity contribution is 4.88. The Morgan fingerprint density at radius 2 is 1.56 bits per heavy atom. The van der Waals surface area contributed by atoms with Crippen LogP contribution in [-0.2, 0) is 9.47 Å². The Morgan fingerprint density at radius 1 is 0.920 bits per heavy atom. The van der Waals surface area contributed by atoms with Crippen LogP contribution in [0.4, 0.5) is 0 Å². The van der Waals surface area contributed by atoms with E-state index >= 15 is 0 Å². The molecule has 25 heavy (non-hydrogen) atoms. The highest BCUT2D eigenvalue weighted by Crippen LogP contribution is 2.18. The Bertz CT molecular complexity index is 334. The minimum Gasteiger partial charge on any atom is -0.394 e. The van der Waals surface area contributed by atoms with Crippen molar-refractivity contribution in [3.8, 4) is 0 Å². The Balaban J connectivity index is 1.95. The van der Waals surface area contributed by atoms with Gasteiger partial charge in [0.25, 0.3) is 0 Å². The van der Waals surface area contributed by atoms with E-state index in [9.17, 15) is 10.2 Å². The van der Waals surface area contributed by atoms with Gasteiger partial charge in [-0.2, -0.15) is 0 Å². The summed E-state index contributed by atoms with van der Waals surface area (Å²) in [6.07, 6.45) is 13.6. The summed E-state index contributed by atoms with van der Waals surface area (Å²) >= 11 is 0. The highest BCUT2D eigenvalue weighted by atomic mass is 16.6. The maximum atomic E-state index is 9.95. The van der Waals surface area contributed by atoms with Gasteiger partial charge in [0.15, 0.2) is 0 Å². The van der Waals surface area contributed by atoms with Gasteiger partial charge in [-0.15, -0.1) is 0 Å². The zero-order valence-corrected chi connectivity index (χ0v) is 15.8. The molecule has 1 fully saturated rings. The molecule has 1 aliphatic heterocycles. The van der Waals surface area contributed by atoms with Crippen LogP contribution in [-0.4, -0.2) is 59.6 Å². The Kier molecular flexibility index (Phi) is 13.3. The summed E-state index contributed by atoms with van der Waals surface area (Å²) in [6.45, 7) is 2.64. The molecule has 148 valence electrons. The molecule has 0 aliphatic carbocycles. The SMILES string of the molecule is CCCCCCCCCC/C=C/CCO[C@@H]1CO[C@@H](CO)[C@H](O)[C@H]1O. The molecular weight excluding hydrogens is 320 g/mol. The summed E-state index contributed by atoms with van der Waals surface area (Å²) in [4.78, 5) is 0. The largest absolute Gasteiger partial charge is 0.394 e. The van der Waals surface area contributed by atoms with E-state index < -0.39 is 24.4 Å². The van der Waals surface area contributed by atoms with Crippen LogP contribution in [0.5, 0.6) is 0 Å². The zero-order valence-electron chi connectivity index (χ0n) is 15.8. The fourth-order valence-corrected chi connectivity index (χ4v) is 3.08. The van der Waals surface area contributed by atoms with Crippen molar-refractivity contribution in [2.45, 2.75) is 95.5 Å². The van der Waals surface area contributed by atoms with Gasteiger partial charge in [0.05, 0.1) is 19.8 Å². The second kappa shape index (κ2) is 14.7. The van der Waals surface area contributed by atoms with E-state index in [0.717, 1.165) is 12.8 Å². The number of unbranched alkanes of at least 4 members (excludes halogenated alkanes) is 8. The lowest BCUT2D eigenvalue weighted by molar-refractivity contribution is -0.208. The lowest BCUT2D eigenvalue weighted by Crippen LogP contribution is -2.55. The number of ether oxygens (including phenoxy) is 2. The fraction of sp³-hybridized carbons (Fsp3) is 0.900. The minimum absolute atomic E-state index is 0.200. The maximum absolute atomic E-state index is 9.95. The Hall–Kier alpha value is -0.460. The molecule has 5 heteroatoms. The average molecular weight is 359 g/mol. The molecule has 0 radical (unpaired) electrons. The van der Waals surface area contributed by atoms with Crippen molar-refractivity contribution in [1.29, 1.82) is 0 Å². The normalized spacial score (nSPS) is 27.2. The lowest BCUT2D eigenvalue weighted by Gasteiger charge is -2.36. The van der Waals surface area contributed by atoms with Crippen molar-refractivity contribution in [3.05, 3.63) is 12.2 Å². The predicted molar refractivity (Wildman–Crippen MR) is 99.6 cm³/mol. The molecule has 0 aromatic rings. The topological polar surface area (TPSA) is 79.2 Å². The van der Waals surface area contributed by atoms with Gasteiger partial charge in [-0.05, 0) is 19.3 Å². The molecule has 5 nitrogen and oxygen atoms in total. The average Bonchev–Trinajstić information content (AvgIpc) is 2.62. The second-order valence-electron chi connectivity index (χ2n) is 6.97. The van der Waals surface area contributed by atoms with Crippen molar-refractivity contribution < 1.29 is 24.8 Å². The first-order valence-electron chi connectivity index (χ1n) is 10.1. The standard InChI is InChI=1S/C20H38O5/c1-2-3-4-5-6-7-8-9-10-11-12-13-14-24-18-16-25-17(15-21)19(22)20(18)23/h11-12,17-23H,2-10,13-16H2,1H3/b12-11+/t17-,18+,19-,20-/m0/s1. The Morgan fingerprint density at radius 3 is 2.24 bits per heavy atom. The molecule has 0 spiro atoms. The lowest BCUT2D eigenvalue weighted by atomic mass is 10.0. The van der Waals surface area contributed by atoms with Gasteiger partial charge >= 0.3 is 0 Å². The monoisotopic (exact) mass is 358 g/mol. The zero-order chi connectivity index (χ0) is 18.3. The third-order valence-electron chi connectivity index (χ3n) is 4.77. The van der Waals surface area contributed by atoms with Crippen LogP contribution in [0.15, 0.2) is 12.2 Å². The molecule has 1 heterocycles. The van der Waals surface area contributed by atoms with Crippen LogP contribution < -0.4 is 0 Å².